The lowest BCUT2D eigenvalue weighted by atomic mass is 9.87. The molecular formula is C28H27FN2O. The topological polar surface area (TPSA) is 25.2 Å². The number of fused-ring (bicyclic) bond motifs is 1. The van der Waals surface area contributed by atoms with Crippen molar-refractivity contribution >= 4 is 16.8 Å². The number of hydrogen-bond donors (Lipinski definition) is 0. The van der Waals surface area contributed by atoms with Crippen molar-refractivity contribution in [2.75, 3.05) is 13.1 Å². The largest absolute Gasteiger partial charge is 0.343 e. The van der Waals surface area contributed by atoms with Crippen molar-refractivity contribution in [3.63, 3.8) is 0 Å². The average Bonchev–Trinajstić information content (AvgIpc) is 3.48. The SMILES string of the molecule is O=C(C[C@H](c1ccccc1F)c1cn(Cc2ccccc2)c2ccccc12)N1CCCC1. The molecule has 1 fully saturated rings. The Hall–Kier alpha value is -3.40. The number of rotatable bonds is 6. The van der Waals surface area contributed by atoms with Gasteiger partial charge in [-0.1, -0.05) is 66.7 Å². The van der Waals surface area contributed by atoms with Gasteiger partial charge in [0, 0.05) is 49.1 Å². The van der Waals surface area contributed by atoms with Crippen LogP contribution in [0.1, 0.15) is 41.9 Å². The fourth-order valence-corrected chi connectivity index (χ4v) is 4.88. The van der Waals surface area contributed by atoms with E-state index in [0.29, 0.717) is 5.56 Å². The third-order valence-corrected chi connectivity index (χ3v) is 6.51. The minimum Gasteiger partial charge on any atom is -0.343 e. The fourth-order valence-electron chi connectivity index (χ4n) is 4.88. The number of nitrogens with zero attached hydrogens (tertiary/aromatic N) is 2. The van der Waals surface area contributed by atoms with Gasteiger partial charge < -0.3 is 9.47 Å². The molecule has 2 heterocycles. The Labute approximate surface area is 188 Å². The summed E-state index contributed by atoms with van der Waals surface area (Å²) < 4.78 is 17.2. The molecule has 3 aromatic carbocycles. The van der Waals surface area contributed by atoms with E-state index in [1.54, 1.807) is 6.07 Å². The molecule has 162 valence electrons. The van der Waals surface area contributed by atoms with Crippen molar-refractivity contribution in [2.45, 2.75) is 31.7 Å². The molecule has 0 N–H and O–H groups in total. The van der Waals surface area contributed by atoms with E-state index in [9.17, 15) is 9.18 Å². The van der Waals surface area contributed by atoms with Crippen LogP contribution in [0, 0.1) is 5.82 Å². The van der Waals surface area contributed by atoms with E-state index in [4.69, 9.17) is 0 Å². The summed E-state index contributed by atoms with van der Waals surface area (Å²) >= 11 is 0. The van der Waals surface area contributed by atoms with Crippen LogP contribution in [0.4, 0.5) is 4.39 Å². The van der Waals surface area contributed by atoms with Crippen LogP contribution in [0.15, 0.2) is 85.1 Å². The molecule has 32 heavy (non-hydrogen) atoms. The standard InChI is InChI=1S/C28H27FN2O/c29-26-14-6-4-12-22(26)24(18-28(32)30-16-8-9-17-30)25-20-31(19-21-10-2-1-3-11-21)27-15-7-5-13-23(25)27/h1-7,10-15,20,24H,8-9,16-19H2/t24-/m1/s1. The first-order valence-corrected chi connectivity index (χ1v) is 11.3. The molecule has 1 aliphatic rings. The Balaban J connectivity index is 1.59. The molecule has 0 saturated carbocycles. The molecule has 0 spiro atoms. The monoisotopic (exact) mass is 426 g/mol. The first-order valence-electron chi connectivity index (χ1n) is 11.3. The van der Waals surface area contributed by atoms with Crippen molar-refractivity contribution in [1.82, 2.24) is 9.47 Å². The zero-order chi connectivity index (χ0) is 21.9. The molecule has 3 nitrogen and oxygen atoms in total. The van der Waals surface area contributed by atoms with Crippen molar-refractivity contribution in [3.05, 3.63) is 108 Å². The van der Waals surface area contributed by atoms with E-state index in [2.05, 4.69) is 35.0 Å². The quantitative estimate of drug-likeness (QED) is 0.373. The number of benzene rings is 3. The number of para-hydroxylation sites is 1. The maximum Gasteiger partial charge on any atom is 0.223 e. The average molecular weight is 427 g/mol. The Morgan fingerprint density at radius 2 is 1.53 bits per heavy atom. The second-order valence-electron chi connectivity index (χ2n) is 8.58. The number of amides is 1. The van der Waals surface area contributed by atoms with E-state index < -0.39 is 0 Å². The molecule has 1 aromatic heterocycles. The summed E-state index contributed by atoms with van der Waals surface area (Å²) in [5, 5.41) is 1.07. The van der Waals surface area contributed by atoms with Crippen molar-refractivity contribution < 1.29 is 9.18 Å². The van der Waals surface area contributed by atoms with Gasteiger partial charge in [-0.2, -0.15) is 0 Å². The maximum absolute atomic E-state index is 15.0. The summed E-state index contributed by atoms with van der Waals surface area (Å²) in [5.41, 5.74) is 3.90. The van der Waals surface area contributed by atoms with Crippen LogP contribution < -0.4 is 0 Å². The molecule has 0 unspecified atom stereocenters. The number of carbonyl (C=O) groups excluding carboxylic acids is 1. The van der Waals surface area contributed by atoms with Gasteiger partial charge in [-0.15, -0.1) is 0 Å². The number of likely N-dealkylation sites (tertiary alicyclic amines) is 1. The highest BCUT2D eigenvalue weighted by molar-refractivity contribution is 5.87. The number of aromatic nitrogens is 1. The van der Waals surface area contributed by atoms with Crippen molar-refractivity contribution in [1.29, 1.82) is 0 Å². The lowest BCUT2D eigenvalue weighted by molar-refractivity contribution is -0.130. The first kappa shape index (κ1) is 20.5. The molecule has 0 bridgehead atoms. The second-order valence-corrected chi connectivity index (χ2v) is 8.58. The molecular weight excluding hydrogens is 399 g/mol. The highest BCUT2D eigenvalue weighted by Gasteiger charge is 2.28. The highest BCUT2D eigenvalue weighted by atomic mass is 19.1. The van der Waals surface area contributed by atoms with Gasteiger partial charge in [0.2, 0.25) is 5.91 Å². The van der Waals surface area contributed by atoms with Crippen LogP contribution in [0.3, 0.4) is 0 Å². The summed E-state index contributed by atoms with van der Waals surface area (Å²) in [7, 11) is 0. The smallest absolute Gasteiger partial charge is 0.223 e. The summed E-state index contributed by atoms with van der Waals surface area (Å²) in [6.07, 6.45) is 4.49. The zero-order valence-electron chi connectivity index (χ0n) is 18.1. The van der Waals surface area contributed by atoms with E-state index in [1.807, 2.05) is 47.4 Å². The van der Waals surface area contributed by atoms with Gasteiger partial charge in [-0.3, -0.25) is 4.79 Å². The van der Waals surface area contributed by atoms with Gasteiger partial charge in [0.05, 0.1) is 0 Å². The van der Waals surface area contributed by atoms with E-state index >= 15 is 0 Å². The van der Waals surface area contributed by atoms with Gasteiger partial charge in [0.25, 0.3) is 0 Å². The lowest BCUT2D eigenvalue weighted by Gasteiger charge is -2.22. The lowest BCUT2D eigenvalue weighted by Crippen LogP contribution is -2.29. The molecule has 4 aromatic rings. The van der Waals surface area contributed by atoms with Crippen LogP contribution >= 0.6 is 0 Å². The number of carbonyl (C=O) groups is 1. The molecule has 1 amide bonds. The van der Waals surface area contributed by atoms with Crippen LogP contribution in [-0.2, 0) is 11.3 Å². The molecule has 1 aliphatic heterocycles. The fraction of sp³-hybridized carbons (Fsp3) is 0.250. The van der Waals surface area contributed by atoms with Crippen LogP contribution in [0.5, 0.6) is 0 Å². The van der Waals surface area contributed by atoms with E-state index in [-0.39, 0.29) is 24.1 Å². The van der Waals surface area contributed by atoms with Crippen LogP contribution in [0.2, 0.25) is 0 Å². The molecule has 1 saturated heterocycles. The Kier molecular flexibility index (Phi) is 5.76. The Bertz CT molecular complexity index is 1220. The van der Waals surface area contributed by atoms with Crippen LogP contribution in [0.25, 0.3) is 10.9 Å². The summed E-state index contributed by atoms with van der Waals surface area (Å²) in [5.74, 6) is -0.478. The molecule has 5 rings (SSSR count). The number of halogens is 1. The van der Waals surface area contributed by atoms with Crippen LogP contribution in [-0.4, -0.2) is 28.5 Å². The zero-order valence-corrected chi connectivity index (χ0v) is 18.1. The first-order chi connectivity index (χ1) is 15.7. The summed E-state index contributed by atoms with van der Waals surface area (Å²) in [6, 6.07) is 25.4. The van der Waals surface area contributed by atoms with Crippen molar-refractivity contribution in [3.8, 4) is 0 Å². The normalized spacial score (nSPS) is 14.7. The molecule has 0 radical (unpaired) electrons. The van der Waals surface area contributed by atoms with Gasteiger partial charge >= 0.3 is 0 Å². The van der Waals surface area contributed by atoms with Gasteiger partial charge in [-0.25, -0.2) is 4.39 Å². The highest BCUT2D eigenvalue weighted by Crippen LogP contribution is 2.36. The van der Waals surface area contributed by atoms with Crippen molar-refractivity contribution in [2.24, 2.45) is 0 Å². The summed E-state index contributed by atoms with van der Waals surface area (Å²) in [6.45, 7) is 2.34. The van der Waals surface area contributed by atoms with E-state index in [0.717, 1.165) is 48.9 Å². The molecule has 0 aliphatic carbocycles. The minimum absolute atomic E-state index is 0.107. The Morgan fingerprint density at radius 3 is 2.31 bits per heavy atom. The third kappa shape index (κ3) is 4.05. The molecule has 4 heteroatoms. The maximum atomic E-state index is 15.0. The third-order valence-electron chi connectivity index (χ3n) is 6.51. The van der Waals surface area contributed by atoms with Gasteiger partial charge in [0.1, 0.15) is 5.82 Å². The minimum atomic E-state index is -0.328. The predicted octanol–water partition coefficient (Wildman–Crippen LogP) is 5.97. The van der Waals surface area contributed by atoms with Gasteiger partial charge in [0.15, 0.2) is 0 Å². The predicted molar refractivity (Wildman–Crippen MR) is 126 cm³/mol. The Morgan fingerprint density at radius 1 is 0.844 bits per heavy atom. The molecule has 1 atom stereocenters. The van der Waals surface area contributed by atoms with Gasteiger partial charge in [-0.05, 0) is 41.7 Å². The second kappa shape index (κ2) is 8.99. The summed E-state index contributed by atoms with van der Waals surface area (Å²) in [4.78, 5) is 15.1. The number of hydrogen-bond acceptors (Lipinski definition) is 1. The van der Waals surface area contributed by atoms with E-state index in [1.165, 1.54) is 11.6 Å².